The molecular formula is C15H24N2O3S. The minimum Gasteiger partial charge on any atom is -0.356 e. The number of sulfone groups is 1. The standard InChI is InChI=1S/C15H24N2O3S/c1-13(16)8-9-15(18)17-10-5-11-21(19,20)12-14-6-3-2-4-7-14/h2-4,6-7,13H,5,8-12,16H2,1H3,(H,17,18). The van der Waals surface area contributed by atoms with Gasteiger partial charge in [-0.3, -0.25) is 4.79 Å². The molecule has 6 heteroatoms. The fourth-order valence-corrected chi connectivity index (χ4v) is 3.30. The first-order valence-electron chi connectivity index (χ1n) is 7.16. The highest BCUT2D eigenvalue weighted by Gasteiger charge is 2.11. The van der Waals surface area contributed by atoms with E-state index in [1.807, 2.05) is 25.1 Å². The Morgan fingerprint density at radius 1 is 1.29 bits per heavy atom. The van der Waals surface area contributed by atoms with Crippen LogP contribution >= 0.6 is 0 Å². The van der Waals surface area contributed by atoms with Gasteiger partial charge in [-0.25, -0.2) is 8.42 Å². The normalized spacial score (nSPS) is 12.9. The van der Waals surface area contributed by atoms with Gasteiger partial charge in [0.25, 0.3) is 0 Å². The molecule has 1 aromatic carbocycles. The van der Waals surface area contributed by atoms with Gasteiger partial charge in [-0.1, -0.05) is 30.3 Å². The maximum absolute atomic E-state index is 11.9. The minimum absolute atomic E-state index is 0.00185. The number of carbonyl (C=O) groups is 1. The van der Waals surface area contributed by atoms with Gasteiger partial charge in [0.05, 0.1) is 11.5 Å². The van der Waals surface area contributed by atoms with Crippen LogP contribution in [-0.4, -0.2) is 32.7 Å². The minimum atomic E-state index is -3.13. The Morgan fingerprint density at radius 3 is 2.57 bits per heavy atom. The van der Waals surface area contributed by atoms with E-state index < -0.39 is 9.84 Å². The lowest BCUT2D eigenvalue weighted by Crippen LogP contribution is -2.27. The molecule has 0 fully saturated rings. The second kappa shape index (κ2) is 8.79. The van der Waals surface area contributed by atoms with E-state index in [-0.39, 0.29) is 23.5 Å². The molecule has 0 aliphatic carbocycles. The summed E-state index contributed by atoms with van der Waals surface area (Å²) < 4.78 is 23.9. The average molecular weight is 312 g/mol. The lowest BCUT2D eigenvalue weighted by molar-refractivity contribution is -0.121. The van der Waals surface area contributed by atoms with E-state index in [1.54, 1.807) is 12.1 Å². The lowest BCUT2D eigenvalue weighted by atomic mass is 10.2. The number of hydrogen-bond donors (Lipinski definition) is 2. The van der Waals surface area contributed by atoms with Crippen molar-refractivity contribution in [1.29, 1.82) is 0 Å². The molecule has 1 unspecified atom stereocenters. The van der Waals surface area contributed by atoms with Crippen molar-refractivity contribution in [1.82, 2.24) is 5.32 Å². The van der Waals surface area contributed by atoms with Crippen molar-refractivity contribution in [3.8, 4) is 0 Å². The smallest absolute Gasteiger partial charge is 0.220 e. The molecule has 0 saturated carbocycles. The van der Waals surface area contributed by atoms with Gasteiger partial charge in [0.15, 0.2) is 9.84 Å². The fourth-order valence-electron chi connectivity index (χ4n) is 1.87. The van der Waals surface area contributed by atoms with E-state index >= 15 is 0 Å². The lowest BCUT2D eigenvalue weighted by Gasteiger charge is -2.07. The van der Waals surface area contributed by atoms with E-state index in [4.69, 9.17) is 5.73 Å². The van der Waals surface area contributed by atoms with E-state index in [2.05, 4.69) is 5.32 Å². The first kappa shape index (κ1) is 17.7. The van der Waals surface area contributed by atoms with Crippen LogP contribution < -0.4 is 11.1 Å². The van der Waals surface area contributed by atoms with Gasteiger partial charge in [-0.15, -0.1) is 0 Å². The first-order valence-corrected chi connectivity index (χ1v) is 8.98. The zero-order valence-corrected chi connectivity index (χ0v) is 13.2. The highest BCUT2D eigenvalue weighted by molar-refractivity contribution is 7.90. The Hall–Kier alpha value is -1.40. The van der Waals surface area contributed by atoms with Crippen LogP contribution in [-0.2, 0) is 20.4 Å². The maximum Gasteiger partial charge on any atom is 0.220 e. The van der Waals surface area contributed by atoms with E-state index in [9.17, 15) is 13.2 Å². The molecule has 0 aliphatic heterocycles. The van der Waals surface area contributed by atoms with E-state index in [0.29, 0.717) is 25.8 Å². The van der Waals surface area contributed by atoms with Crippen LogP contribution in [0.2, 0.25) is 0 Å². The zero-order valence-electron chi connectivity index (χ0n) is 12.4. The van der Waals surface area contributed by atoms with Crippen molar-refractivity contribution in [3.63, 3.8) is 0 Å². The summed E-state index contributed by atoms with van der Waals surface area (Å²) in [5, 5.41) is 2.72. The average Bonchev–Trinajstić information content (AvgIpc) is 2.42. The summed E-state index contributed by atoms with van der Waals surface area (Å²) in [5.74, 6) is 0.0508. The van der Waals surface area contributed by atoms with E-state index in [1.165, 1.54) is 0 Å². The van der Waals surface area contributed by atoms with Crippen molar-refractivity contribution >= 4 is 15.7 Å². The van der Waals surface area contributed by atoms with Crippen LogP contribution in [0.5, 0.6) is 0 Å². The zero-order chi connectivity index (χ0) is 15.7. The summed E-state index contributed by atoms with van der Waals surface area (Å²) in [7, 11) is -3.13. The number of rotatable bonds is 9. The second-order valence-corrected chi connectivity index (χ2v) is 7.48. The summed E-state index contributed by atoms with van der Waals surface area (Å²) in [5.41, 5.74) is 6.36. The second-order valence-electron chi connectivity index (χ2n) is 5.30. The topological polar surface area (TPSA) is 89.3 Å². The molecule has 1 aromatic rings. The van der Waals surface area contributed by atoms with Crippen LogP contribution in [0.3, 0.4) is 0 Å². The molecule has 118 valence electrons. The summed E-state index contributed by atoms with van der Waals surface area (Å²) in [6.45, 7) is 2.23. The fraction of sp³-hybridized carbons (Fsp3) is 0.533. The Kier molecular flexibility index (Phi) is 7.39. The molecule has 3 N–H and O–H groups in total. The number of hydrogen-bond acceptors (Lipinski definition) is 4. The number of carbonyl (C=O) groups excluding carboxylic acids is 1. The molecule has 0 radical (unpaired) electrons. The summed E-state index contributed by atoms with van der Waals surface area (Å²) in [4.78, 5) is 11.4. The van der Waals surface area contributed by atoms with Crippen molar-refractivity contribution in [2.45, 2.75) is 38.0 Å². The highest BCUT2D eigenvalue weighted by Crippen LogP contribution is 2.06. The van der Waals surface area contributed by atoms with Gasteiger partial charge in [0, 0.05) is 19.0 Å². The third-order valence-corrected chi connectivity index (χ3v) is 4.69. The summed E-state index contributed by atoms with van der Waals surface area (Å²) in [6, 6.07) is 9.10. The highest BCUT2D eigenvalue weighted by atomic mass is 32.2. The van der Waals surface area contributed by atoms with Gasteiger partial charge in [-0.05, 0) is 25.3 Å². The number of amides is 1. The third kappa shape index (κ3) is 8.47. The van der Waals surface area contributed by atoms with Gasteiger partial charge >= 0.3 is 0 Å². The largest absolute Gasteiger partial charge is 0.356 e. The maximum atomic E-state index is 11.9. The van der Waals surface area contributed by atoms with Crippen LogP contribution in [0.1, 0.15) is 31.7 Å². The van der Waals surface area contributed by atoms with Crippen molar-refractivity contribution < 1.29 is 13.2 Å². The van der Waals surface area contributed by atoms with Gasteiger partial charge in [-0.2, -0.15) is 0 Å². The Labute approximate surface area is 126 Å². The molecule has 0 bridgehead atoms. The SMILES string of the molecule is CC(N)CCC(=O)NCCCS(=O)(=O)Cc1ccccc1. The molecular weight excluding hydrogens is 288 g/mol. The number of nitrogens with one attached hydrogen (secondary N) is 1. The van der Waals surface area contributed by atoms with Crippen molar-refractivity contribution in [2.24, 2.45) is 5.73 Å². The molecule has 0 aliphatic rings. The van der Waals surface area contributed by atoms with E-state index in [0.717, 1.165) is 5.56 Å². The predicted octanol–water partition coefficient (Wildman–Crippen LogP) is 1.24. The van der Waals surface area contributed by atoms with Crippen LogP contribution in [0.25, 0.3) is 0 Å². The number of benzene rings is 1. The predicted molar refractivity (Wildman–Crippen MR) is 84.4 cm³/mol. The monoisotopic (exact) mass is 312 g/mol. The van der Waals surface area contributed by atoms with Crippen LogP contribution in [0.15, 0.2) is 30.3 Å². The molecule has 1 amide bonds. The first-order chi connectivity index (χ1) is 9.89. The molecule has 5 nitrogen and oxygen atoms in total. The Bertz CT molecular complexity index is 527. The van der Waals surface area contributed by atoms with Crippen LogP contribution in [0, 0.1) is 0 Å². The molecule has 0 spiro atoms. The van der Waals surface area contributed by atoms with Gasteiger partial charge in [0.2, 0.25) is 5.91 Å². The Balaban J connectivity index is 2.24. The molecule has 0 aromatic heterocycles. The summed E-state index contributed by atoms with van der Waals surface area (Å²) >= 11 is 0. The molecule has 21 heavy (non-hydrogen) atoms. The van der Waals surface area contributed by atoms with Gasteiger partial charge in [0.1, 0.15) is 0 Å². The molecule has 0 heterocycles. The summed E-state index contributed by atoms with van der Waals surface area (Å²) in [6.07, 6.45) is 1.45. The van der Waals surface area contributed by atoms with Crippen LogP contribution in [0.4, 0.5) is 0 Å². The molecule has 1 atom stereocenters. The quantitative estimate of drug-likeness (QED) is 0.671. The molecule has 0 saturated heterocycles. The van der Waals surface area contributed by atoms with Crippen molar-refractivity contribution in [3.05, 3.63) is 35.9 Å². The molecule has 1 rings (SSSR count). The third-order valence-electron chi connectivity index (χ3n) is 3.01. The Morgan fingerprint density at radius 2 is 1.95 bits per heavy atom. The van der Waals surface area contributed by atoms with Crippen molar-refractivity contribution in [2.75, 3.05) is 12.3 Å². The van der Waals surface area contributed by atoms with Gasteiger partial charge < -0.3 is 11.1 Å². The number of nitrogens with two attached hydrogens (primary N) is 1.